The summed E-state index contributed by atoms with van der Waals surface area (Å²) in [6.45, 7) is 0.715. The quantitative estimate of drug-likeness (QED) is 0.892. The van der Waals surface area contributed by atoms with Gasteiger partial charge in [-0.3, -0.25) is 0 Å². The molecule has 0 saturated heterocycles. The Morgan fingerprint density at radius 2 is 2.05 bits per heavy atom. The lowest BCUT2D eigenvalue weighted by molar-refractivity contribution is 0.220. The fourth-order valence-electron chi connectivity index (χ4n) is 2.28. The minimum atomic E-state index is -0.726. The van der Waals surface area contributed by atoms with Crippen molar-refractivity contribution in [2.24, 2.45) is 0 Å². The van der Waals surface area contributed by atoms with Crippen LogP contribution in [0.2, 0.25) is 5.02 Å². The van der Waals surface area contributed by atoms with Crippen LogP contribution in [0.5, 0.6) is 5.75 Å². The molecule has 1 N–H and O–H groups in total. The van der Waals surface area contributed by atoms with E-state index < -0.39 is 6.10 Å². The van der Waals surface area contributed by atoms with E-state index in [4.69, 9.17) is 16.3 Å². The Bertz CT molecular complexity index is 628. The van der Waals surface area contributed by atoms with E-state index in [2.05, 4.69) is 15.9 Å². The molecule has 0 amide bonds. The molecular weight excluding hydrogens is 328 g/mol. The lowest BCUT2D eigenvalue weighted by Crippen LogP contribution is -2.01. The molecule has 0 aromatic heterocycles. The van der Waals surface area contributed by atoms with Crippen molar-refractivity contribution < 1.29 is 9.84 Å². The Morgan fingerprint density at radius 3 is 2.89 bits per heavy atom. The molecule has 1 aliphatic heterocycles. The van der Waals surface area contributed by atoms with Gasteiger partial charge >= 0.3 is 0 Å². The maximum atomic E-state index is 10.5. The highest BCUT2D eigenvalue weighted by molar-refractivity contribution is 9.10. The van der Waals surface area contributed by atoms with Gasteiger partial charge in [-0.15, -0.1) is 0 Å². The van der Waals surface area contributed by atoms with Crippen molar-refractivity contribution in [3.8, 4) is 5.75 Å². The summed E-state index contributed by atoms with van der Waals surface area (Å²) in [4.78, 5) is 0. The molecule has 1 atom stereocenters. The molecule has 4 heteroatoms. The van der Waals surface area contributed by atoms with Gasteiger partial charge in [-0.2, -0.15) is 0 Å². The van der Waals surface area contributed by atoms with Crippen LogP contribution < -0.4 is 4.74 Å². The summed E-state index contributed by atoms with van der Waals surface area (Å²) < 4.78 is 6.37. The number of ether oxygens (including phenoxy) is 1. The van der Waals surface area contributed by atoms with Gasteiger partial charge in [0.2, 0.25) is 0 Å². The summed E-state index contributed by atoms with van der Waals surface area (Å²) in [5.41, 5.74) is 2.68. The van der Waals surface area contributed by atoms with E-state index in [1.165, 1.54) is 0 Å². The summed E-state index contributed by atoms with van der Waals surface area (Å²) in [6, 6.07) is 11.3. The van der Waals surface area contributed by atoms with E-state index in [1.807, 2.05) is 30.3 Å². The average Bonchev–Trinajstić information content (AvgIpc) is 2.88. The van der Waals surface area contributed by atoms with Gasteiger partial charge in [0, 0.05) is 21.5 Å². The van der Waals surface area contributed by atoms with Gasteiger partial charge in [0.05, 0.1) is 6.61 Å². The van der Waals surface area contributed by atoms with E-state index in [9.17, 15) is 5.11 Å². The summed E-state index contributed by atoms with van der Waals surface area (Å²) >= 11 is 9.55. The zero-order valence-corrected chi connectivity index (χ0v) is 12.4. The maximum Gasteiger partial charge on any atom is 0.122 e. The van der Waals surface area contributed by atoms with E-state index in [-0.39, 0.29) is 0 Å². The molecule has 2 nitrogen and oxygen atoms in total. The number of rotatable bonds is 2. The number of hydrogen-bond acceptors (Lipinski definition) is 2. The van der Waals surface area contributed by atoms with Gasteiger partial charge in [-0.05, 0) is 41.5 Å². The molecule has 0 aliphatic carbocycles. The van der Waals surface area contributed by atoms with Gasteiger partial charge in [-0.1, -0.05) is 33.6 Å². The number of hydrogen-bond donors (Lipinski definition) is 1. The van der Waals surface area contributed by atoms with Crippen LogP contribution in [0, 0.1) is 0 Å². The van der Waals surface area contributed by atoms with Crippen molar-refractivity contribution in [1.29, 1.82) is 0 Å². The molecule has 0 radical (unpaired) electrons. The minimum Gasteiger partial charge on any atom is -0.493 e. The average molecular weight is 340 g/mol. The fourth-order valence-corrected chi connectivity index (χ4v) is 2.88. The molecular formula is C15H12BrClO2. The molecule has 2 aromatic rings. The summed E-state index contributed by atoms with van der Waals surface area (Å²) in [7, 11) is 0. The first kappa shape index (κ1) is 13.0. The van der Waals surface area contributed by atoms with Crippen LogP contribution in [0.4, 0.5) is 0 Å². The third-order valence-corrected chi connectivity index (χ3v) is 4.12. The molecule has 0 unspecified atom stereocenters. The van der Waals surface area contributed by atoms with Crippen LogP contribution in [0.25, 0.3) is 0 Å². The molecule has 3 rings (SSSR count). The van der Waals surface area contributed by atoms with Crippen LogP contribution in [-0.2, 0) is 6.42 Å². The van der Waals surface area contributed by atoms with E-state index in [0.717, 1.165) is 27.8 Å². The summed E-state index contributed by atoms with van der Waals surface area (Å²) in [5.74, 6) is 0.913. The van der Waals surface area contributed by atoms with Gasteiger partial charge in [0.15, 0.2) is 0 Å². The smallest absolute Gasteiger partial charge is 0.122 e. The van der Waals surface area contributed by atoms with E-state index in [1.54, 1.807) is 6.07 Å². The summed E-state index contributed by atoms with van der Waals surface area (Å²) in [5, 5.41) is 11.0. The third-order valence-electron chi connectivity index (χ3n) is 3.28. The van der Waals surface area contributed by atoms with Crippen LogP contribution in [0.1, 0.15) is 22.8 Å². The molecule has 1 aliphatic rings. The van der Waals surface area contributed by atoms with Crippen LogP contribution in [0.15, 0.2) is 40.9 Å². The fraction of sp³-hybridized carbons (Fsp3) is 0.200. The Labute approximate surface area is 125 Å². The zero-order valence-electron chi connectivity index (χ0n) is 10.1. The first-order valence-corrected chi connectivity index (χ1v) is 7.21. The van der Waals surface area contributed by atoms with Crippen molar-refractivity contribution >= 4 is 27.5 Å². The second-order valence-electron chi connectivity index (χ2n) is 4.53. The largest absolute Gasteiger partial charge is 0.493 e. The van der Waals surface area contributed by atoms with Gasteiger partial charge < -0.3 is 9.84 Å². The highest BCUT2D eigenvalue weighted by Crippen LogP contribution is 2.34. The predicted octanol–water partition coefficient (Wildman–Crippen LogP) is 4.12. The Balaban J connectivity index is 1.99. The molecule has 1 heterocycles. The predicted molar refractivity (Wildman–Crippen MR) is 78.9 cm³/mol. The molecule has 0 fully saturated rings. The van der Waals surface area contributed by atoms with Crippen molar-refractivity contribution in [2.45, 2.75) is 12.5 Å². The second-order valence-corrected chi connectivity index (χ2v) is 5.86. The van der Waals surface area contributed by atoms with Crippen molar-refractivity contribution in [3.05, 3.63) is 62.6 Å². The number of fused-ring (bicyclic) bond motifs is 1. The van der Waals surface area contributed by atoms with E-state index in [0.29, 0.717) is 17.2 Å². The van der Waals surface area contributed by atoms with Crippen molar-refractivity contribution in [2.75, 3.05) is 6.61 Å². The normalized spacial score (nSPS) is 14.9. The molecule has 0 saturated carbocycles. The highest BCUT2D eigenvalue weighted by Gasteiger charge is 2.18. The topological polar surface area (TPSA) is 29.5 Å². The lowest BCUT2D eigenvalue weighted by atomic mass is 9.99. The van der Waals surface area contributed by atoms with E-state index >= 15 is 0 Å². The standard InChI is InChI=1S/C15H12BrClO2/c16-11-2-3-13(17)12(8-11)15(18)10-1-4-14-9(7-10)5-6-19-14/h1-4,7-8,15,18H,5-6H2/t15-/m1/s1. The van der Waals surface area contributed by atoms with Crippen LogP contribution in [0.3, 0.4) is 0 Å². The zero-order chi connectivity index (χ0) is 13.4. The third kappa shape index (κ3) is 2.50. The molecule has 0 spiro atoms. The number of aliphatic hydroxyl groups is 1. The van der Waals surface area contributed by atoms with Crippen molar-refractivity contribution in [3.63, 3.8) is 0 Å². The van der Waals surface area contributed by atoms with Gasteiger partial charge in [-0.25, -0.2) is 0 Å². The maximum absolute atomic E-state index is 10.5. The van der Waals surface area contributed by atoms with Crippen molar-refractivity contribution in [1.82, 2.24) is 0 Å². The molecule has 0 bridgehead atoms. The SMILES string of the molecule is O[C@H](c1ccc2c(c1)CCO2)c1cc(Br)ccc1Cl. The molecule has 98 valence electrons. The minimum absolute atomic E-state index is 0.562. The first-order chi connectivity index (χ1) is 9.15. The number of aliphatic hydroxyl groups excluding tert-OH is 1. The first-order valence-electron chi connectivity index (χ1n) is 6.04. The Kier molecular flexibility index (Phi) is 3.52. The van der Waals surface area contributed by atoms with Crippen LogP contribution in [-0.4, -0.2) is 11.7 Å². The second kappa shape index (κ2) is 5.16. The monoisotopic (exact) mass is 338 g/mol. The number of halogens is 2. The Hall–Kier alpha value is -1.03. The van der Waals surface area contributed by atoms with Gasteiger partial charge in [0.25, 0.3) is 0 Å². The summed E-state index contributed by atoms with van der Waals surface area (Å²) in [6.07, 6.45) is 0.165. The lowest BCUT2D eigenvalue weighted by Gasteiger charge is -2.14. The molecule has 2 aromatic carbocycles. The molecule has 19 heavy (non-hydrogen) atoms. The number of benzene rings is 2. The highest BCUT2D eigenvalue weighted by atomic mass is 79.9. The Morgan fingerprint density at radius 1 is 1.21 bits per heavy atom. The van der Waals surface area contributed by atoms with Crippen LogP contribution >= 0.6 is 27.5 Å². The van der Waals surface area contributed by atoms with Gasteiger partial charge in [0.1, 0.15) is 11.9 Å².